The maximum Gasteiger partial charge on any atom is 0.119 e. The van der Waals surface area contributed by atoms with Gasteiger partial charge in [-0.3, -0.25) is 0 Å². The van der Waals surface area contributed by atoms with Crippen LogP contribution in [-0.4, -0.2) is 6.10 Å². The van der Waals surface area contributed by atoms with E-state index in [0.717, 1.165) is 11.7 Å². The van der Waals surface area contributed by atoms with E-state index in [1.807, 2.05) is 11.3 Å². The maximum atomic E-state index is 5.75. The molecule has 0 amide bonds. The molecule has 0 saturated carbocycles. The number of hydrogen-bond donors (Lipinski definition) is 0. The van der Waals surface area contributed by atoms with Gasteiger partial charge in [0.1, 0.15) is 5.75 Å². The van der Waals surface area contributed by atoms with Gasteiger partial charge in [-0.25, -0.2) is 0 Å². The van der Waals surface area contributed by atoms with Crippen molar-refractivity contribution < 1.29 is 4.74 Å². The van der Waals surface area contributed by atoms with Crippen LogP contribution in [0, 0.1) is 0 Å². The van der Waals surface area contributed by atoms with E-state index in [0.29, 0.717) is 0 Å². The third-order valence-electron chi connectivity index (χ3n) is 5.27. The van der Waals surface area contributed by atoms with Gasteiger partial charge in [0.05, 0.1) is 6.10 Å². The van der Waals surface area contributed by atoms with Crippen LogP contribution < -0.4 is 4.74 Å². The van der Waals surface area contributed by atoms with Crippen LogP contribution in [0.2, 0.25) is 0 Å². The Labute approximate surface area is 160 Å². The Hall–Kier alpha value is -2.06. The molecule has 0 spiro atoms. The average Bonchev–Trinajstić information content (AvgIpc) is 3.28. The smallest absolute Gasteiger partial charge is 0.119 e. The summed E-state index contributed by atoms with van der Waals surface area (Å²) >= 11 is 1.89. The second kappa shape index (κ2) is 7.28. The molecule has 1 nitrogen and oxygen atoms in total. The Morgan fingerprint density at radius 1 is 1.00 bits per heavy atom. The predicted molar refractivity (Wildman–Crippen MR) is 112 cm³/mol. The summed E-state index contributed by atoms with van der Waals surface area (Å²) in [5.41, 5.74) is 5.86. The fraction of sp³-hybridized carbons (Fsp3) is 0.333. The highest BCUT2D eigenvalue weighted by molar-refractivity contribution is 7.18. The van der Waals surface area contributed by atoms with Crippen molar-refractivity contribution in [2.75, 3.05) is 0 Å². The summed E-state index contributed by atoms with van der Waals surface area (Å²) in [7, 11) is 0. The third-order valence-corrected chi connectivity index (χ3v) is 6.44. The topological polar surface area (TPSA) is 9.23 Å². The Kier molecular flexibility index (Phi) is 4.86. The summed E-state index contributed by atoms with van der Waals surface area (Å²) < 4.78 is 5.75. The number of ether oxygens (including phenoxy) is 1. The van der Waals surface area contributed by atoms with Crippen molar-refractivity contribution in [1.29, 1.82) is 0 Å². The summed E-state index contributed by atoms with van der Waals surface area (Å²) in [5, 5.41) is 0. The summed E-state index contributed by atoms with van der Waals surface area (Å²) in [5.74, 6) is 1.69. The summed E-state index contributed by atoms with van der Waals surface area (Å²) in [6.07, 6.45) is 3.98. The second-order valence-electron chi connectivity index (χ2n) is 7.37. The van der Waals surface area contributed by atoms with Crippen LogP contribution >= 0.6 is 11.3 Å². The molecule has 1 atom stereocenters. The highest BCUT2D eigenvalue weighted by Crippen LogP contribution is 2.43. The lowest BCUT2D eigenvalue weighted by Crippen LogP contribution is -2.04. The van der Waals surface area contributed by atoms with Gasteiger partial charge in [0.15, 0.2) is 0 Å². The first kappa shape index (κ1) is 17.4. The lowest BCUT2D eigenvalue weighted by Gasteiger charge is -2.10. The molecule has 4 rings (SSSR count). The van der Waals surface area contributed by atoms with Crippen molar-refractivity contribution in [3.63, 3.8) is 0 Å². The van der Waals surface area contributed by atoms with E-state index in [1.54, 1.807) is 11.1 Å². The minimum absolute atomic E-state index is 0.210. The molecule has 0 fully saturated rings. The fourth-order valence-corrected chi connectivity index (χ4v) is 5.07. The molecule has 1 heterocycles. The van der Waals surface area contributed by atoms with Gasteiger partial charge in [-0.15, -0.1) is 11.3 Å². The molecule has 26 heavy (non-hydrogen) atoms. The van der Waals surface area contributed by atoms with E-state index in [-0.39, 0.29) is 6.10 Å². The molecule has 0 saturated heterocycles. The number of hydrogen-bond acceptors (Lipinski definition) is 2. The van der Waals surface area contributed by atoms with Crippen LogP contribution in [0.25, 0.3) is 20.9 Å². The molecule has 3 aromatic rings. The Balaban J connectivity index is 1.62. The molecule has 1 aliphatic carbocycles. The van der Waals surface area contributed by atoms with E-state index in [4.69, 9.17) is 4.74 Å². The lowest BCUT2D eigenvalue weighted by atomic mass is 9.96. The lowest BCUT2D eigenvalue weighted by molar-refractivity contribution is 0.242. The van der Waals surface area contributed by atoms with Crippen LogP contribution in [0.1, 0.15) is 50.7 Å². The van der Waals surface area contributed by atoms with E-state index >= 15 is 0 Å². The number of rotatable bonds is 5. The summed E-state index contributed by atoms with van der Waals surface area (Å²) in [6.45, 7) is 6.42. The normalized spacial score (nSPS) is 16.1. The zero-order valence-electron chi connectivity index (χ0n) is 15.8. The molecule has 0 N–H and O–H groups in total. The number of benzene rings is 2. The minimum atomic E-state index is 0.210. The van der Waals surface area contributed by atoms with Crippen LogP contribution in [0.5, 0.6) is 5.75 Å². The summed E-state index contributed by atoms with van der Waals surface area (Å²) in [4.78, 5) is 2.70. The minimum Gasteiger partial charge on any atom is -0.491 e. The van der Waals surface area contributed by atoms with Crippen LogP contribution in [-0.2, 0) is 6.42 Å². The molecule has 1 aliphatic rings. The third kappa shape index (κ3) is 3.31. The van der Waals surface area contributed by atoms with Crippen molar-refractivity contribution in [1.82, 2.24) is 0 Å². The van der Waals surface area contributed by atoms with E-state index in [2.05, 4.69) is 75.4 Å². The first-order chi connectivity index (χ1) is 12.7. The molecule has 1 aromatic heterocycles. The first-order valence-corrected chi connectivity index (χ1v) is 10.5. The van der Waals surface area contributed by atoms with Gasteiger partial charge in [-0.05, 0) is 97.7 Å². The SMILES string of the molecule is CC[C@@H]1CCc2c(-c3ccc(-c4ccc(OC(C)C)cc4)s3)cccc21. The maximum absolute atomic E-state index is 5.75. The molecule has 2 heteroatoms. The van der Waals surface area contributed by atoms with Crippen molar-refractivity contribution in [3.05, 3.63) is 65.7 Å². The Morgan fingerprint density at radius 2 is 1.77 bits per heavy atom. The molecule has 0 unspecified atom stereocenters. The van der Waals surface area contributed by atoms with Gasteiger partial charge >= 0.3 is 0 Å². The highest BCUT2D eigenvalue weighted by atomic mass is 32.1. The van der Waals surface area contributed by atoms with Gasteiger partial charge in [-0.2, -0.15) is 0 Å². The highest BCUT2D eigenvalue weighted by Gasteiger charge is 2.23. The van der Waals surface area contributed by atoms with Gasteiger partial charge in [0, 0.05) is 9.75 Å². The summed E-state index contributed by atoms with van der Waals surface area (Å²) in [6, 6.07) is 19.9. The van der Waals surface area contributed by atoms with Crippen LogP contribution in [0.4, 0.5) is 0 Å². The molecule has 134 valence electrons. The Bertz CT molecular complexity index is 889. The average molecular weight is 363 g/mol. The molecule has 0 aliphatic heterocycles. The van der Waals surface area contributed by atoms with E-state index in [1.165, 1.54) is 40.1 Å². The second-order valence-corrected chi connectivity index (χ2v) is 8.46. The first-order valence-electron chi connectivity index (χ1n) is 9.64. The quantitative estimate of drug-likeness (QED) is 0.462. The van der Waals surface area contributed by atoms with Crippen molar-refractivity contribution in [3.8, 4) is 26.6 Å². The molecular weight excluding hydrogens is 336 g/mol. The number of fused-ring (bicyclic) bond motifs is 1. The monoisotopic (exact) mass is 362 g/mol. The zero-order chi connectivity index (χ0) is 18.1. The Morgan fingerprint density at radius 3 is 2.50 bits per heavy atom. The standard InChI is InChI=1S/C24H26OS/c1-4-17-10-13-21-20(17)6-5-7-22(21)24-15-14-23(26-24)18-8-11-19(12-9-18)25-16(2)3/h5-9,11-12,14-17H,4,10,13H2,1-3H3/t17-/m1/s1. The van der Waals surface area contributed by atoms with Gasteiger partial charge < -0.3 is 4.74 Å². The molecular formula is C24H26OS. The number of thiophene rings is 1. The van der Waals surface area contributed by atoms with Crippen molar-refractivity contribution in [2.45, 2.75) is 52.1 Å². The van der Waals surface area contributed by atoms with Gasteiger partial charge in [-0.1, -0.05) is 25.1 Å². The van der Waals surface area contributed by atoms with Crippen LogP contribution in [0.15, 0.2) is 54.6 Å². The van der Waals surface area contributed by atoms with Crippen LogP contribution in [0.3, 0.4) is 0 Å². The van der Waals surface area contributed by atoms with E-state index < -0.39 is 0 Å². The molecule has 2 aromatic carbocycles. The molecule has 0 radical (unpaired) electrons. The van der Waals surface area contributed by atoms with Gasteiger partial charge in [0.25, 0.3) is 0 Å². The van der Waals surface area contributed by atoms with Crippen molar-refractivity contribution in [2.24, 2.45) is 0 Å². The zero-order valence-corrected chi connectivity index (χ0v) is 16.6. The van der Waals surface area contributed by atoms with Crippen molar-refractivity contribution >= 4 is 11.3 Å². The largest absolute Gasteiger partial charge is 0.491 e. The van der Waals surface area contributed by atoms with Gasteiger partial charge in [0.2, 0.25) is 0 Å². The van der Waals surface area contributed by atoms with E-state index in [9.17, 15) is 0 Å². The molecule has 0 bridgehead atoms. The predicted octanol–water partition coefficient (Wildman–Crippen LogP) is 7.31. The fourth-order valence-electron chi connectivity index (χ4n) is 4.00.